The fourth-order valence-electron chi connectivity index (χ4n) is 4.25. The van der Waals surface area contributed by atoms with Crippen molar-refractivity contribution in [2.75, 3.05) is 72.5 Å². The molecule has 0 unspecified atom stereocenters. The van der Waals surface area contributed by atoms with Gasteiger partial charge in [0.15, 0.2) is 0 Å². The molecule has 0 aliphatic rings. The van der Waals surface area contributed by atoms with E-state index in [0.29, 0.717) is 78.2 Å². The SMILES string of the molecule is O=CCOCCOCCNC(=O)COCCOCCNCCC[C@H](NC(=O)CCCCCCCCCCCCC(=O)O)C(=O)O. The number of hydrogen-bond acceptors (Lipinski definition) is 10. The van der Waals surface area contributed by atoms with E-state index in [9.17, 15) is 29.1 Å². The minimum Gasteiger partial charge on any atom is -0.481 e. The van der Waals surface area contributed by atoms with Crippen molar-refractivity contribution >= 4 is 30.0 Å². The van der Waals surface area contributed by atoms with Gasteiger partial charge in [0.25, 0.3) is 0 Å². The van der Waals surface area contributed by atoms with E-state index >= 15 is 0 Å². The van der Waals surface area contributed by atoms with Gasteiger partial charge >= 0.3 is 11.9 Å². The lowest BCUT2D eigenvalue weighted by molar-refractivity contribution is -0.142. The summed E-state index contributed by atoms with van der Waals surface area (Å²) in [5, 5.41) is 26.5. The van der Waals surface area contributed by atoms with Crippen LogP contribution in [0.1, 0.15) is 89.9 Å². The predicted octanol–water partition coefficient (Wildman–Crippen LogP) is 2.07. The first-order chi connectivity index (χ1) is 21.9. The van der Waals surface area contributed by atoms with Crippen LogP contribution in [0.25, 0.3) is 0 Å². The lowest BCUT2D eigenvalue weighted by Gasteiger charge is -2.15. The Labute approximate surface area is 267 Å². The van der Waals surface area contributed by atoms with Gasteiger partial charge in [-0.25, -0.2) is 4.79 Å². The van der Waals surface area contributed by atoms with Crippen molar-refractivity contribution in [3.05, 3.63) is 0 Å². The summed E-state index contributed by atoms with van der Waals surface area (Å²) >= 11 is 0. The van der Waals surface area contributed by atoms with Crippen molar-refractivity contribution in [1.82, 2.24) is 16.0 Å². The first kappa shape index (κ1) is 42.3. The van der Waals surface area contributed by atoms with Crippen molar-refractivity contribution in [2.24, 2.45) is 0 Å². The predicted molar refractivity (Wildman–Crippen MR) is 167 cm³/mol. The first-order valence-corrected chi connectivity index (χ1v) is 16.3. The molecule has 0 fully saturated rings. The average molecular weight is 648 g/mol. The van der Waals surface area contributed by atoms with Crippen LogP contribution in [0, 0.1) is 0 Å². The van der Waals surface area contributed by atoms with Crippen LogP contribution in [0.5, 0.6) is 0 Å². The fourth-order valence-corrected chi connectivity index (χ4v) is 4.25. The molecule has 14 heteroatoms. The van der Waals surface area contributed by atoms with Gasteiger partial charge in [0.2, 0.25) is 11.8 Å². The van der Waals surface area contributed by atoms with Crippen LogP contribution in [0.15, 0.2) is 0 Å². The zero-order valence-corrected chi connectivity index (χ0v) is 26.9. The molecule has 0 aromatic rings. The second-order valence-electron chi connectivity index (χ2n) is 10.6. The molecule has 1 atom stereocenters. The number of carboxylic acid groups (broad SMARTS) is 2. The molecule has 0 aliphatic carbocycles. The Hall–Kier alpha value is -2.65. The average Bonchev–Trinajstić information content (AvgIpc) is 3.00. The van der Waals surface area contributed by atoms with Gasteiger partial charge in [0, 0.05) is 25.9 Å². The van der Waals surface area contributed by atoms with Gasteiger partial charge in [-0.1, -0.05) is 51.4 Å². The van der Waals surface area contributed by atoms with Crippen LogP contribution >= 0.6 is 0 Å². The van der Waals surface area contributed by atoms with Crippen molar-refractivity contribution in [3.63, 3.8) is 0 Å². The maximum absolute atomic E-state index is 12.2. The number of nitrogens with one attached hydrogen (secondary N) is 3. The third-order valence-corrected chi connectivity index (χ3v) is 6.68. The van der Waals surface area contributed by atoms with Gasteiger partial charge in [-0.15, -0.1) is 0 Å². The number of rotatable bonds is 35. The first-order valence-electron chi connectivity index (χ1n) is 16.3. The topological polar surface area (TPSA) is 199 Å². The maximum atomic E-state index is 12.2. The summed E-state index contributed by atoms with van der Waals surface area (Å²) in [4.78, 5) is 56.0. The van der Waals surface area contributed by atoms with Crippen LogP contribution in [0.2, 0.25) is 0 Å². The van der Waals surface area contributed by atoms with Crippen LogP contribution in [0.3, 0.4) is 0 Å². The molecule has 45 heavy (non-hydrogen) atoms. The van der Waals surface area contributed by atoms with Crippen LogP contribution in [0.4, 0.5) is 0 Å². The smallest absolute Gasteiger partial charge is 0.326 e. The van der Waals surface area contributed by atoms with Gasteiger partial charge in [-0.2, -0.15) is 0 Å². The van der Waals surface area contributed by atoms with E-state index in [4.69, 9.17) is 24.1 Å². The minimum absolute atomic E-state index is 0.0428. The van der Waals surface area contributed by atoms with Crippen molar-refractivity contribution in [2.45, 2.75) is 95.9 Å². The van der Waals surface area contributed by atoms with Crippen LogP contribution in [-0.4, -0.2) is 119 Å². The summed E-state index contributed by atoms with van der Waals surface area (Å²) in [7, 11) is 0. The molecule has 0 saturated carbocycles. The van der Waals surface area contributed by atoms with Crippen molar-refractivity contribution in [1.29, 1.82) is 0 Å². The van der Waals surface area contributed by atoms with Gasteiger partial charge in [0.05, 0.1) is 39.6 Å². The number of aldehydes is 1. The highest BCUT2D eigenvalue weighted by molar-refractivity contribution is 5.83. The highest BCUT2D eigenvalue weighted by atomic mass is 16.5. The van der Waals surface area contributed by atoms with Gasteiger partial charge in [-0.3, -0.25) is 14.4 Å². The fraction of sp³-hybridized carbons (Fsp3) is 0.839. The molecule has 0 rings (SSSR count). The summed E-state index contributed by atoms with van der Waals surface area (Å²) in [6.45, 7) is 3.54. The molecule has 5 N–H and O–H groups in total. The number of carboxylic acids is 2. The normalized spacial score (nSPS) is 11.6. The van der Waals surface area contributed by atoms with E-state index in [-0.39, 0.29) is 38.1 Å². The molecule has 0 radical (unpaired) electrons. The summed E-state index contributed by atoms with van der Waals surface area (Å²) in [5.74, 6) is -2.25. The molecular weight excluding hydrogens is 590 g/mol. The summed E-state index contributed by atoms with van der Waals surface area (Å²) in [6.07, 6.45) is 12.2. The largest absolute Gasteiger partial charge is 0.481 e. The number of unbranched alkanes of at least 4 members (excludes halogenated alkanes) is 9. The lowest BCUT2D eigenvalue weighted by Crippen LogP contribution is -2.41. The quantitative estimate of drug-likeness (QED) is 0.0496. The Kier molecular flexibility index (Phi) is 30.8. The molecule has 2 amide bonds. The molecule has 0 spiro atoms. The van der Waals surface area contributed by atoms with Crippen molar-refractivity contribution < 1.29 is 53.1 Å². The molecule has 0 bridgehead atoms. The van der Waals surface area contributed by atoms with E-state index in [1.54, 1.807) is 0 Å². The van der Waals surface area contributed by atoms with Crippen molar-refractivity contribution in [3.8, 4) is 0 Å². The van der Waals surface area contributed by atoms with Gasteiger partial charge in [-0.05, 0) is 32.2 Å². The van der Waals surface area contributed by atoms with Gasteiger partial charge < -0.3 is 49.9 Å². The maximum Gasteiger partial charge on any atom is 0.326 e. The monoisotopic (exact) mass is 647 g/mol. The van der Waals surface area contributed by atoms with E-state index in [0.717, 1.165) is 64.2 Å². The van der Waals surface area contributed by atoms with Gasteiger partial charge in [0.1, 0.15) is 25.5 Å². The molecule has 0 saturated heterocycles. The lowest BCUT2D eigenvalue weighted by atomic mass is 10.0. The zero-order valence-electron chi connectivity index (χ0n) is 26.9. The Morgan fingerprint density at radius 2 is 1.16 bits per heavy atom. The Balaban J connectivity index is 3.57. The Morgan fingerprint density at radius 1 is 0.600 bits per heavy atom. The molecule has 0 aromatic heterocycles. The summed E-state index contributed by atoms with van der Waals surface area (Å²) < 4.78 is 20.9. The highest BCUT2D eigenvalue weighted by Crippen LogP contribution is 2.12. The third-order valence-electron chi connectivity index (χ3n) is 6.68. The Bertz CT molecular complexity index is 771. The minimum atomic E-state index is -1.03. The highest BCUT2D eigenvalue weighted by Gasteiger charge is 2.19. The number of aliphatic carboxylic acids is 2. The summed E-state index contributed by atoms with van der Waals surface area (Å²) in [5.41, 5.74) is 0. The van der Waals surface area contributed by atoms with Crippen LogP contribution < -0.4 is 16.0 Å². The molecular formula is C31H57N3O11. The number of amides is 2. The summed E-state index contributed by atoms with van der Waals surface area (Å²) in [6, 6.07) is -0.901. The third kappa shape index (κ3) is 32.6. The molecule has 0 aromatic carbocycles. The molecule has 0 heterocycles. The number of hydrogen-bond donors (Lipinski definition) is 5. The second kappa shape index (κ2) is 32.7. The zero-order chi connectivity index (χ0) is 33.2. The second-order valence-corrected chi connectivity index (χ2v) is 10.6. The van der Waals surface area contributed by atoms with E-state index in [2.05, 4.69) is 16.0 Å². The molecule has 0 aliphatic heterocycles. The Morgan fingerprint density at radius 3 is 1.76 bits per heavy atom. The number of carbonyl (C=O) groups excluding carboxylic acids is 3. The van der Waals surface area contributed by atoms with E-state index in [1.807, 2.05) is 0 Å². The number of ether oxygens (including phenoxy) is 4. The number of carbonyl (C=O) groups is 5. The molecule has 262 valence electrons. The van der Waals surface area contributed by atoms with E-state index in [1.165, 1.54) is 0 Å². The van der Waals surface area contributed by atoms with E-state index < -0.39 is 18.0 Å². The molecule has 14 nitrogen and oxygen atoms in total. The standard InChI is InChI=1S/C31H57N3O11/c35-18-21-44-23-22-43-20-17-33-29(37)26-45-25-24-42-19-16-32-15-11-12-27(31(40)41)34-28(36)13-9-7-5-3-1-2-4-6-8-10-14-30(38)39/h18,27,32H,1-17,19-26H2,(H,33,37)(H,34,36)(H,38,39)(H,40,41)/t27-/m0/s1. The van der Waals surface area contributed by atoms with Crippen LogP contribution in [-0.2, 0) is 42.9 Å².